The van der Waals surface area contributed by atoms with Crippen molar-refractivity contribution in [1.82, 2.24) is 19.9 Å². The molecule has 0 radical (unpaired) electrons. The number of aromatic nitrogens is 3. The van der Waals surface area contributed by atoms with E-state index in [1.807, 2.05) is 30.3 Å². The van der Waals surface area contributed by atoms with Crippen molar-refractivity contribution in [2.45, 2.75) is 19.4 Å². The molecule has 0 aliphatic rings. The average molecular weight is 472 g/mol. The molecule has 0 aliphatic carbocycles. The summed E-state index contributed by atoms with van der Waals surface area (Å²) in [6, 6.07) is 19.0. The van der Waals surface area contributed by atoms with Crippen molar-refractivity contribution in [1.29, 1.82) is 0 Å². The van der Waals surface area contributed by atoms with Gasteiger partial charge in [0.2, 0.25) is 11.9 Å². The molecule has 0 saturated heterocycles. The lowest BCUT2D eigenvalue weighted by atomic mass is 10.0. The van der Waals surface area contributed by atoms with Crippen LogP contribution < -0.4 is 16.2 Å². The number of carbonyl (C=O) groups excluding carboxylic acids is 1. The van der Waals surface area contributed by atoms with Crippen molar-refractivity contribution in [3.05, 3.63) is 101 Å². The van der Waals surface area contributed by atoms with Crippen LogP contribution in [-0.2, 0) is 18.3 Å². The van der Waals surface area contributed by atoms with E-state index in [1.54, 1.807) is 43.7 Å². The van der Waals surface area contributed by atoms with E-state index < -0.39 is 0 Å². The number of amides is 1. The van der Waals surface area contributed by atoms with Crippen molar-refractivity contribution >= 4 is 11.9 Å². The molecule has 1 amide bonds. The van der Waals surface area contributed by atoms with Gasteiger partial charge in [-0.3, -0.25) is 19.1 Å². The van der Waals surface area contributed by atoms with Gasteiger partial charge in [-0.1, -0.05) is 42.5 Å². The number of pyridine rings is 1. The van der Waals surface area contributed by atoms with Crippen molar-refractivity contribution in [2.75, 3.05) is 11.9 Å². The maximum Gasteiger partial charge on any atom is 0.263 e. The van der Waals surface area contributed by atoms with Crippen LogP contribution in [0.25, 0.3) is 22.4 Å². The summed E-state index contributed by atoms with van der Waals surface area (Å²) in [6.07, 6.45) is 3.87. The molecule has 2 heterocycles. The maximum absolute atomic E-state index is 13.5. The van der Waals surface area contributed by atoms with Gasteiger partial charge in [-0.25, -0.2) is 9.37 Å². The molecule has 35 heavy (non-hydrogen) atoms. The highest BCUT2D eigenvalue weighted by Crippen LogP contribution is 2.28. The highest BCUT2D eigenvalue weighted by Gasteiger charge is 2.19. The lowest BCUT2D eigenvalue weighted by Gasteiger charge is -2.21. The summed E-state index contributed by atoms with van der Waals surface area (Å²) in [5.41, 5.74) is 2.91. The van der Waals surface area contributed by atoms with Gasteiger partial charge in [0.25, 0.3) is 5.56 Å². The Morgan fingerprint density at radius 1 is 1.00 bits per heavy atom. The van der Waals surface area contributed by atoms with Crippen molar-refractivity contribution < 1.29 is 9.18 Å². The van der Waals surface area contributed by atoms with Crippen LogP contribution in [0.2, 0.25) is 0 Å². The monoisotopic (exact) mass is 471 g/mol. The van der Waals surface area contributed by atoms with E-state index in [1.165, 1.54) is 23.6 Å². The first kappa shape index (κ1) is 23.8. The molecule has 4 aromatic rings. The quantitative estimate of drug-likeness (QED) is 0.408. The summed E-state index contributed by atoms with van der Waals surface area (Å²) >= 11 is 0. The van der Waals surface area contributed by atoms with E-state index in [9.17, 15) is 14.0 Å². The number of rotatable bonds is 8. The van der Waals surface area contributed by atoms with Gasteiger partial charge in [-0.05, 0) is 41.8 Å². The van der Waals surface area contributed by atoms with Crippen LogP contribution in [0.15, 0.2) is 83.9 Å². The first-order valence-electron chi connectivity index (χ1n) is 11.2. The third kappa shape index (κ3) is 5.78. The first-order chi connectivity index (χ1) is 16.9. The van der Waals surface area contributed by atoms with E-state index in [0.717, 1.165) is 5.56 Å². The van der Waals surface area contributed by atoms with Gasteiger partial charge in [-0.2, -0.15) is 0 Å². The number of hydrogen-bond acceptors (Lipinski definition) is 5. The lowest BCUT2D eigenvalue weighted by molar-refractivity contribution is -0.119. The summed E-state index contributed by atoms with van der Waals surface area (Å²) < 4.78 is 15.0. The second kappa shape index (κ2) is 10.7. The van der Waals surface area contributed by atoms with Gasteiger partial charge in [-0.15, -0.1) is 0 Å². The lowest BCUT2D eigenvalue weighted by Crippen LogP contribution is -2.41. The Kier molecular flexibility index (Phi) is 7.30. The molecule has 2 aromatic heterocycles. The van der Waals surface area contributed by atoms with E-state index in [4.69, 9.17) is 4.98 Å². The minimum absolute atomic E-state index is 0.140. The first-order valence-corrected chi connectivity index (χ1v) is 11.2. The van der Waals surface area contributed by atoms with Gasteiger partial charge in [0.1, 0.15) is 5.82 Å². The molecule has 0 bridgehead atoms. The predicted octanol–water partition coefficient (Wildman–Crippen LogP) is 3.81. The third-order valence-corrected chi connectivity index (χ3v) is 5.62. The fourth-order valence-electron chi connectivity index (χ4n) is 3.93. The summed E-state index contributed by atoms with van der Waals surface area (Å²) in [4.78, 5) is 34.1. The number of halogens is 1. The smallest absolute Gasteiger partial charge is 0.263 e. The zero-order valence-corrected chi connectivity index (χ0v) is 19.5. The summed E-state index contributed by atoms with van der Waals surface area (Å²) in [5.74, 6) is -0.167. The molecule has 0 saturated carbocycles. The topological polar surface area (TPSA) is 88.9 Å². The molecule has 0 fully saturated rings. The van der Waals surface area contributed by atoms with Gasteiger partial charge < -0.3 is 10.6 Å². The number of carbonyl (C=O) groups is 1. The van der Waals surface area contributed by atoms with E-state index in [2.05, 4.69) is 15.6 Å². The Morgan fingerprint density at radius 2 is 1.69 bits per heavy atom. The largest absolute Gasteiger partial charge is 0.353 e. The molecule has 178 valence electrons. The van der Waals surface area contributed by atoms with Gasteiger partial charge in [0, 0.05) is 38.5 Å². The van der Waals surface area contributed by atoms with Gasteiger partial charge in [0.15, 0.2) is 0 Å². The normalized spacial score (nSPS) is 11.6. The SMILES string of the molecule is CC(=O)N[C@@H](CNc1nc(-c2ccncc2)c(-c2ccc(F)cc2)c(=O)n1C)Cc1ccccc1. The second-order valence-electron chi connectivity index (χ2n) is 8.23. The van der Waals surface area contributed by atoms with Crippen molar-refractivity contribution in [2.24, 2.45) is 7.05 Å². The van der Waals surface area contributed by atoms with Crippen LogP contribution in [0.1, 0.15) is 12.5 Å². The molecule has 2 aromatic carbocycles. The van der Waals surface area contributed by atoms with Crippen LogP contribution >= 0.6 is 0 Å². The molecule has 0 unspecified atom stereocenters. The Hall–Kier alpha value is -4.33. The molecule has 0 aliphatic heterocycles. The standard InChI is InChI=1S/C27H26FN5O2/c1-18(34)31-23(16-19-6-4-3-5-7-19)17-30-27-32-25(21-12-14-29-15-13-21)24(26(35)33(27)2)20-8-10-22(28)11-9-20/h3-15,23H,16-17H2,1-2H3,(H,30,32)(H,31,34)/t23-/m1/s1. The van der Waals surface area contributed by atoms with Crippen LogP contribution in [0.3, 0.4) is 0 Å². The summed E-state index contributed by atoms with van der Waals surface area (Å²) in [7, 11) is 1.63. The number of hydrogen-bond donors (Lipinski definition) is 2. The number of nitrogens with zero attached hydrogens (tertiary/aromatic N) is 3. The number of benzene rings is 2. The molecular weight excluding hydrogens is 445 g/mol. The van der Waals surface area contributed by atoms with Crippen LogP contribution in [0.4, 0.5) is 10.3 Å². The fraction of sp³-hybridized carbons (Fsp3) is 0.185. The predicted molar refractivity (Wildman–Crippen MR) is 134 cm³/mol. The van der Waals surface area contributed by atoms with Crippen LogP contribution in [0, 0.1) is 5.82 Å². The van der Waals surface area contributed by atoms with Crippen molar-refractivity contribution in [3.63, 3.8) is 0 Å². The highest BCUT2D eigenvalue weighted by molar-refractivity contribution is 5.80. The second-order valence-corrected chi connectivity index (χ2v) is 8.23. The minimum Gasteiger partial charge on any atom is -0.353 e. The summed E-state index contributed by atoms with van der Waals surface area (Å²) in [5, 5.41) is 6.20. The number of anilines is 1. The van der Waals surface area contributed by atoms with E-state index in [0.29, 0.717) is 41.3 Å². The van der Waals surface area contributed by atoms with E-state index in [-0.39, 0.29) is 23.3 Å². The van der Waals surface area contributed by atoms with Gasteiger partial charge >= 0.3 is 0 Å². The highest BCUT2D eigenvalue weighted by atomic mass is 19.1. The van der Waals surface area contributed by atoms with E-state index >= 15 is 0 Å². The molecule has 8 heteroatoms. The van der Waals surface area contributed by atoms with Crippen LogP contribution in [-0.4, -0.2) is 33.0 Å². The zero-order valence-electron chi connectivity index (χ0n) is 19.5. The molecular formula is C27H26FN5O2. The Bertz CT molecular complexity index is 1360. The Morgan fingerprint density at radius 3 is 2.34 bits per heavy atom. The third-order valence-electron chi connectivity index (χ3n) is 5.62. The molecule has 2 N–H and O–H groups in total. The molecule has 7 nitrogen and oxygen atoms in total. The zero-order chi connectivity index (χ0) is 24.8. The Labute approximate surface area is 202 Å². The maximum atomic E-state index is 13.5. The number of nitrogens with one attached hydrogen (secondary N) is 2. The van der Waals surface area contributed by atoms with Crippen LogP contribution in [0.5, 0.6) is 0 Å². The average Bonchev–Trinajstić information content (AvgIpc) is 2.86. The molecule has 0 spiro atoms. The van der Waals surface area contributed by atoms with Crippen molar-refractivity contribution in [3.8, 4) is 22.4 Å². The summed E-state index contributed by atoms with van der Waals surface area (Å²) in [6.45, 7) is 1.84. The molecule has 4 rings (SSSR count). The minimum atomic E-state index is -0.385. The molecule has 1 atom stereocenters. The van der Waals surface area contributed by atoms with Gasteiger partial charge in [0.05, 0.1) is 17.3 Å². The fourth-order valence-corrected chi connectivity index (χ4v) is 3.93. The Balaban J connectivity index is 1.71.